The molecular formula is C23H24ClF4N5O3. The molecule has 0 spiro atoms. The lowest BCUT2D eigenvalue weighted by Gasteiger charge is -2.37. The van der Waals surface area contributed by atoms with Gasteiger partial charge in [-0.1, -0.05) is 24.6 Å². The van der Waals surface area contributed by atoms with Crippen molar-refractivity contribution < 1.29 is 31.9 Å². The van der Waals surface area contributed by atoms with E-state index in [0.717, 1.165) is 12.6 Å². The van der Waals surface area contributed by atoms with Gasteiger partial charge in [-0.15, -0.1) is 0 Å². The van der Waals surface area contributed by atoms with Gasteiger partial charge in [-0.25, -0.2) is 9.18 Å². The number of benzene rings is 2. The Kier molecular flexibility index (Phi) is 8.75. The van der Waals surface area contributed by atoms with Crippen molar-refractivity contribution in [2.45, 2.75) is 19.6 Å². The third kappa shape index (κ3) is 6.85. The summed E-state index contributed by atoms with van der Waals surface area (Å²) in [4.78, 5) is 41.5. The summed E-state index contributed by atoms with van der Waals surface area (Å²) >= 11 is 5.97. The molecule has 1 saturated heterocycles. The molecule has 0 saturated carbocycles. The minimum atomic E-state index is -5.19. The van der Waals surface area contributed by atoms with Crippen LogP contribution in [0.15, 0.2) is 42.5 Å². The quantitative estimate of drug-likeness (QED) is 0.458. The van der Waals surface area contributed by atoms with Crippen LogP contribution < -0.4 is 15.8 Å². The van der Waals surface area contributed by atoms with Gasteiger partial charge in [0.15, 0.2) is 0 Å². The average molecular weight is 530 g/mol. The third-order valence-corrected chi connectivity index (χ3v) is 5.90. The van der Waals surface area contributed by atoms with Crippen molar-refractivity contribution in [3.8, 4) is 0 Å². The smallest absolute Gasteiger partial charge is 0.322 e. The van der Waals surface area contributed by atoms with Gasteiger partial charge in [0.05, 0.1) is 6.54 Å². The van der Waals surface area contributed by atoms with Crippen molar-refractivity contribution in [2.24, 2.45) is 0 Å². The van der Waals surface area contributed by atoms with Crippen molar-refractivity contribution in [2.75, 3.05) is 37.6 Å². The van der Waals surface area contributed by atoms with Crippen LogP contribution in [0.5, 0.6) is 0 Å². The van der Waals surface area contributed by atoms with Crippen LogP contribution in [0, 0.1) is 5.82 Å². The fourth-order valence-corrected chi connectivity index (χ4v) is 3.69. The number of amides is 4. The normalized spacial score (nSPS) is 14.3. The molecule has 0 radical (unpaired) electrons. The second-order valence-corrected chi connectivity index (χ2v) is 8.42. The maximum atomic E-state index is 14.9. The Hall–Kier alpha value is -3.38. The van der Waals surface area contributed by atoms with E-state index in [1.807, 2.05) is 6.92 Å². The van der Waals surface area contributed by atoms with E-state index in [-0.39, 0.29) is 23.7 Å². The van der Waals surface area contributed by atoms with Crippen molar-refractivity contribution in [1.82, 2.24) is 20.7 Å². The fraction of sp³-hybridized carbons (Fsp3) is 0.348. The van der Waals surface area contributed by atoms with Crippen LogP contribution in [0.1, 0.15) is 22.8 Å². The number of hydrogen-bond acceptors (Lipinski definition) is 4. The summed E-state index contributed by atoms with van der Waals surface area (Å²) in [6.07, 6.45) is -5.19. The van der Waals surface area contributed by atoms with E-state index in [2.05, 4.69) is 4.90 Å². The molecule has 3 rings (SSSR count). The second-order valence-electron chi connectivity index (χ2n) is 7.98. The summed E-state index contributed by atoms with van der Waals surface area (Å²) in [6, 6.07) is 9.38. The van der Waals surface area contributed by atoms with Gasteiger partial charge in [0.1, 0.15) is 5.82 Å². The van der Waals surface area contributed by atoms with E-state index >= 15 is 0 Å². The highest BCUT2D eigenvalue weighted by molar-refractivity contribution is 6.30. The van der Waals surface area contributed by atoms with Crippen molar-refractivity contribution in [3.63, 3.8) is 0 Å². The van der Waals surface area contributed by atoms with Gasteiger partial charge in [0.2, 0.25) is 0 Å². The molecule has 0 bridgehead atoms. The van der Waals surface area contributed by atoms with E-state index in [1.165, 1.54) is 22.5 Å². The Morgan fingerprint density at radius 3 is 2.19 bits per heavy atom. The van der Waals surface area contributed by atoms with Crippen LogP contribution in [0.25, 0.3) is 0 Å². The maximum Gasteiger partial charge on any atom is 0.472 e. The lowest BCUT2D eigenvalue weighted by atomic mass is 10.1. The van der Waals surface area contributed by atoms with Crippen LogP contribution in [0.4, 0.5) is 28.0 Å². The highest BCUT2D eigenvalue weighted by Crippen LogP contribution is 2.24. The number of urea groups is 1. The first-order valence-electron chi connectivity index (χ1n) is 11.0. The van der Waals surface area contributed by atoms with Crippen LogP contribution in [-0.4, -0.2) is 66.5 Å². The molecule has 0 unspecified atom stereocenters. The van der Waals surface area contributed by atoms with Crippen molar-refractivity contribution in [3.05, 3.63) is 64.4 Å². The summed E-state index contributed by atoms with van der Waals surface area (Å²) in [6.45, 7) is 5.15. The van der Waals surface area contributed by atoms with Crippen molar-refractivity contribution in [1.29, 1.82) is 0 Å². The Morgan fingerprint density at radius 1 is 1.00 bits per heavy atom. The number of likely N-dealkylation sites (N-methyl/N-ethyl adjacent to an activating group) is 1. The Balaban J connectivity index is 1.77. The zero-order valence-corrected chi connectivity index (χ0v) is 20.0. The fourth-order valence-electron chi connectivity index (χ4n) is 3.56. The van der Waals surface area contributed by atoms with E-state index in [9.17, 15) is 31.9 Å². The molecule has 2 aromatic rings. The Morgan fingerprint density at radius 2 is 1.64 bits per heavy atom. The highest BCUT2D eigenvalue weighted by Gasteiger charge is 2.39. The number of hydrogen-bond donors (Lipinski definition) is 2. The lowest BCUT2D eigenvalue weighted by Crippen LogP contribution is -2.52. The first kappa shape index (κ1) is 27.2. The molecule has 2 N–H and O–H groups in total. The topological polar surface area (TPSA) is 85.0 Å². The van der Waals surface area contributed by atoms with E-state index in [4.69, 9.17) is 11.6 Å². The SMILES string of the molecule is CCN1CCN(C(=O)N(Cc2ccc(C(=O)NNC(=O)C(F)(F)F)cc2F)c2ccc(Cl)cc2)CC1. The molecule has 0 aromatic heterocycles. The number of hydrazine groups is 1. The van der Waals surface area contributed by atoms with Crippen molar-refractivity contribution >= 4 is 35.1 Å². The molecule has 1 fully saturated rings. The highest BCUT2D eigenvalue weighted by atomic mass is 35.5. The third-order valence-electron chi connectivity index (χ3n) is 5.65. The summed E-state index contributed by atoms with van der Waals surface area (Å²) in [7, 11) is 0. The standard InChI is InChI=1S/C23H24ClF4N5O3/c1-2-31-9-11-32(12-10-31)22(36)33(18-7-5-17(24)6-8-18)14-16-4-3-15(13-19(16)25)20(34)29-30-21(35)23(26,27)28/h3-8,13H,2,9-12,14H2,1H3,(H,29,34)(H,30,35). The molecular weight excluding hydrogens is 506 g/mol. The van der Waals surface area contributed by atoms with E-state index < -0.39 is 23.8 Å². The van der Waals surface area contributed by atoms with Gasteiger partial charge in [0, 0.05) is 48.0 Å². The number of carbonyl (C=O) groups is 3. The first-order chi connectivity index (χ1) is 17.0. The summed E-state index contributed by atoms with van der Waals surface area (Å²) in [5, 5.41) is 0.460. The second kappa shape index (κ2) is 11.6. The molecule has 1 heterocycles. The zero-order chi connectivity index (χ0) is 26.5. The number of rotatable bonds is 5. The molecule has 1 aliphatic rings. The van der Waals surface area contributed by atoms with Gasteiger partial charge in [-0.2, -0.15) is 13.2 Å². The molecule has 8 nitrogen and oxygen atoms in total. The van der Waals surface area contributed by atoms with Crippen LogP contribution >= 0.6 is 11.6 Å². The van der Waals surface area contributed by atoms with Gasteiger partial charge >= 0.3 is 18.1 Å². The number of alkyl halides is 3. The van der Waals surface area contributed by atoms with Crippen LogP contribution in [0.2, 0.25) is 5.02 Å². The number of nitrogens with zero attached hydrogens (tertiary/aromatic N) is 3. The minimum absolute atomic E-state index is 0.0707. The molecule has 0 aliphatic carbocycles. The Labute approximate surface area is 209 Å². The van der Waals surface area contributed by atoms with E-state index in [0.29, 0.717) is 36.9 Å². The number of anilines is 1. The molecule has 194 valence electrons. The lowest BCUT2D eigenvalue weighted by molar-refractivity contribution is -0.174. The molecule has 13 heteroatoms. The molecule has 0 atom stereocenters. The largest absolute Gasteiger partial charge is 0.472 e. The van der Waals surface area contributed by atoms with Crippen LogP contribution in [0.3, 0.4) is 0 Å². The Bertz CT molecular complexity index is 1110. The zero-order valence-electron chi connectivity index (χ0n) is 19.2. The first-order valence-corrected chi connectivity index (χ1v) is 11.4. The van der Waals surface area contributed by atoms with Gasteiger partial charge in [0.25, 0.3) is 5.91 Å². The molecule has 2 aromatic carbocycles. The predicted octanol–water partition coefficient (Wildman–Crippen LogP) is 3.57. The molecule has 36 heavy (non-hydrogen) atoms. The molecule has 4 amide bonds. The summed E-state index contributed by atoms with van der Waals surface area (Å²) in [5.41, 5.74) is 3.03. The average Bonchev–Trinajstić information content (AvgIpc) is 2.86. The summed E-state index contributed by atoms with van der Waals surface area (Å²) in [5.74, 6) is -4.37. The molecule has 1 aliphatic heterocycles. The number of piperazine rings is 1. The van der Waals surface area contributed by atoms with Gasteiger partial charge < -0.3 is 9.80 Å². The maximum absolute atomic E-state index is 14.9. The van der Waals surface area contributed by atoms with Gasteiger partial charge in [-0.05, 0) is 42.9 Å². The van der Waals surface area contributed by atoms with E-state index in [1.54, 1.807) is 34.6 Å². The van der Waals surface area contributed by atoms with Gasteiger partial charge in [-0.3, -0.25) is 25.3 Å². The monoisotopic (exact) mass is 529 g/mol. The van der Waals surface area contributed by atoms with Crippen LogP contribution in [-0.2, 0) is 11.3 Å². The number of halogens is 5. The number of carbonyl (C=O) groups excluding carboxylic acids is 3. The predicted molar refractivity (Wildman–Crippen MR) is 125 cm³/mol. The minimum Gasteiger partial charge on any atom is -0.322 e. The number of nitrogens with one attached hydrogen (secondary N) is 2. The summed E-state index contributed by atoms with van der Waals surface area (Å²) < 4.78 is 51.7.